The number of nitrogens with one attached hydrogen (secondary N) is 3. The number of rotatable bonds is 29. The Morgan fingerprint density at radius 1 is 0.921 bits per heavy atom. The molecule has 4 unspecified atom stereocenters. The summed E-state index contributed by atoms with van der Waals surface area (Å²) in [5.74, 6) is -0.638. The average Bonchev–Trinajstić information content (AvgIpc) is 3.96. The number of nitrogen functional groups attached to an aromatic ring is 1. The number of urea groups is 1. The molecule has 0 radical (unpaired) electrons. The molecular weight excluding hydrogens is 929 g/mol. The minimum Gasteiger partial charge on any atom is -0.756 e. The number of ether oxygens (including phenoxy) is 5. The Kier molecular flexibility index (Phi) is 19.5. The van der Waals surface area contributed by atoms with E-state index in [-0.39, 0.29) is 80.6 Å². The van der Waals surface area contributed by atoms with Gasteiger partial charge in [-0.3, -0.25) is 27.8 Å². The number of hydrogen-bond donors (Lipinski definition) is 7. The summed E-state index contributed by atoms with van der Waals surface area (Å²) in [6.45, 7) is 0.331. The second-order valence-corrected chi connectivity index (χ2v) is 19.6. The van der Waals surface area contributed by atoms with Crippen molar-refractivity contribution in [3.05, 3.63) is 12.7 Å². The Hall–Kier alpha value is -2.92. The monoisotopic (exact) mass is 978 g/mol. The van der Waals surface area contributed by atoms with Gasteiger partial charge in [-0.15, -0.1) is 0 Å². The van der Waals surface area contributed by atoms with E-state index < -0.39 is 67.0 Å². The maximum Gasteiger partial charge on any atom is 0.478 e. The minimum atomic E-state index is -6.26. The highest BCUT2D eigenvalue weighted by Gasteiger charge is 2.46. The summed E-state index contributed by atoms with van der Waals surface area (Å²) >= 11 is 1.85. The van der Waals surface area contributed by atoms with Gasteiger partial charge in [0.15, 0.2) is 17.7 Å². The van der Waals surface area contributed by atoms with Gasteiger partial charge in [0.25, 0.3) is 7.82 Å². The fourth-order valence-electron chi connectivity index (χ4n) is 6.34. The maximum absolute atomic E-state index is 12.3. The van der Waals surface area contributed by atoms with Gasteiger partial charge in [0, 0.05) is 24.0 Å². The fraction of sp³-hybridized carbons (Fsp3) is 0.742. The number of imidazole rings is 1. The van der Waals surface area contributed by atoms with Crippen LogP contribution < -0.4 is 31.5 Å². The third-order valence-corrected chi connectivity index (χ3v) is 14.9. The fourth-order valence-corrected chi connectivity index (χ4v) is 11.3. The molecule has 63 heavy (non-hydrogen) atoms. The third kappa shape index (κ3) is 16.2. The molecule has 3 fully saturated rings. The number of aliphatic hydroxyl groups excluding tert-OH is 2. The molecule has 0 spiro atoms. The van der Waals surface area contributed by atoms with Crippen molar-refractivity contribution in [3.8, 4) is 0 Å². The van der Waals surface area contributed by atoms with Gasteiger partial charge in [0.1, 0.15) is 30.2 Å². The second-order valence-electron chi connectivity index (χ2n) is 13.8. The van der Waals surface area contributed by atoms with Crippen LogP contribution in [0.5, 0.6) is 0 Å². The molecule has 3 saturated heterocycles. The van der Waals surface area contributed by atoms with E-state index in [0.717, 1.165) is 31.3 Å². The highest BCUT2D eigenvalue weighted by atomic mass is 32.2. The lowest BCUT2D eigenvalue weighted by Crippen LogP contribution is -2.36. The van der Waals surface area contributed by atoms with E-state index in [4.69, 9.17) is 29.4 Å². The Morgan fingerprint density at radius 3 is 2.32 bits per heavy atom. The molecule has 10 atom stereocenters. The molecular formula is C31H49N8O20P3S-2. The van der Waals surface area contributed by atoms with Gasteiger partial charge in [0.05, 0.1) is 84.3 Å². The lowest BCUT2D eigenvalue weighted by molar-refractivity contribution is -0.238. The number of aliphatic hydroxyl groups is 2. The van der Waals surface area contributed by atoms with Crippen LogP contribution in [-0.2, 0) is 64.6 Å². The number of nitrogens with zero attached hydrogens (tertiary/aromatic N) is 4. The van der Waals surface area contributed by atoms with Crippen LogP contribution in [0, 0.1) is 0 Å². The van der Waals surface area contributed by atoms with Gasteiger partial charge in [0.2, 0.25) is 5.91 Å². The molecule has 2 aromatic rings. The van der Waals surface area contributed by atoms with Crippen LogP contribution in [0.25, 0.3) is 11.2 Å². The van der Waals surface area contributed by atoms with Crippen LogP contribution in [0.4, 0.5) is 10.6 Å². The van der Waals surface area contributed by atoms with Crippen LogP contribution in [-0.4, -0.2) is 160 Å². The number of carbonyl (C=O) groups is 3. The van der Waals surface area contributed by atoms with E-state index in [1.807, 2.05) is 11.8 Å². The first-order chi connectivity index (χ1) is 29.9. The van der Waals surface area contributed by atoms with E-state index >= 15 is 0 Å². The zero-order valence-corrected chi connectivity index (χ0v) is 36.9. The van der Waals surface area contributed by atoms with Crippen molar-refractivity contribution >= 4 is 70.1 Å². The van der Waals surface area contributed by atoms with Crippen molar-refractivity contribution in [1.29, 1.82) is 0 Å². The quantitative estimate of drug-likeness (QED) is 0.0262. The molecule has 0 aliphatic carbocycles. The van der Waals surface area contributed by atoms with Crippen molar-refractivity contribution < 1.29 is 94.3 Å². The minimum absolute atomic E-state index is 0.00534. The lowest BCUT2D eigenvalue weighted by atomic mass is 10.0. The molecule has 32 heteroatoms. The number of hydrogen-bond acceptors (Lipinski definition) is 24. The largest absolute Gasteiger partial charge is 0.756 e. The standard InChI is InChI=1S/C31H51N8O20P3S/c32-28-25-29(35-17-34-28)39(18-36-25)30-27(43)26(42)20(56-30)15-55-60(45,46)58-62(49,50)59-61(47,48)57-23(41)5-7-51-9-11-53-13-14-54-12-10-52-8-6-33-22(40)4-2-1-3-21-24-19(16-63-21)37-31(44)38-24/h17-21,24,26-27,30,42-43H,1-16H2,(H,33,40)(H,45,46)(H,47,48)(H,49,50)(H2,32,34,35)(H2,37,38,44)/p-2/t19-,20+,21-,24-,26?,27-,30+/m0/s1. The van der Waals surface area contributed by atoms with Crippen LogP contribution in [0.3, 0.4) is 0 Å². The summed E-state index contributed by atoms with van der Waals surface area (Å²) in [5, 5.41) is 29.9. The molecule has 5 rings (SSSR count). The number of fused-ring (bicyclic) bond motifs is 2. The van der Waals surface area contributed by atoms with Crippen LogP contribution >= 0.6 is 35.2 Å². The lowest BCUT2D eigenvalue weighted by Gasteiger charge is -2.30. The van der Waals surface area contributed by atoms with Crippen molar-refractivity contribution in [1.82, 2.24) is 35.5 Å². The van der Waals surface area contributed by atoms with Crippen LogP contribution in [0.15, 0.2) is 12.7 Å². The van der Waals surface area contributed by atoms with Gasteiger partial charge < -0.3 is 74.8 Å². The van der Waals surface area contributed by atoms with Crippen molar-refractivity contribution in [2.75, 3.05) is 77.5 Å². The number of aromatic nitrogens is 4. The molecule has 3 aliphatic heterocycles. The number of thioether (sulfide) groups is 1. The van der Waals surface area contributed by atoms with E-state index in [9.17, 15) is 53.0 Å². The highest BCUT2D eigenvalue weighted by Crippen LogP contribution is 2.64. The predicted molar refractivity (Wildman–Crippen MR) is 210 cm³/mol. The van der Waals surface area contributed by atoms with Crippen LogP contribution in [0.1, 0.15) is 38.3 Å². The molecule has 5 heterocycles. The molecule has 28 nitrogen and oxygen atoms in total. The zero-order valence-electron chi connectivity index (χ0n) is 33.4. The number of amides is 3. The molecule has 3 amide bonds. The first-order valence-electron chi connectivity index (χ1n) is 19.4. The Labute approximate surface area is 363 Å². The molecule has 0 bridgehead atoms. The smallest absolute Gasteiger partial charge is 0.478 e. The average molecular weight is 979 g/mol. The Bertz CT molecular complexity index is 1990. The summed E-state index contributed by atoms with van der Waals surface area (Å²) in [6, 6.07) is 0.242. The van der Waals surface area contributed by atoms with Crippen molar-refractivity contribution in [2.45, 2.75) is 74.0 Å². The predicted octanol–water partition coefficient (Wildman–Crippen LogP) is -2.04. The Morgan fingerprint density at radius 2 is 1.60 bits per heavy atom. The second kappa shape index (κ2) is 24.0. The zero-order chi connectivity index (χ0) is 45.6. The number of phosphoric ester groups is 2. The Balaban J connectivity index is 0.826. The number of unbranched alkanes of at least 4 members (excludes halogenated alkanes) is 1. The molecule has 3 aliphatic rings. The van der Waals surface area contributed by atoms with E-state index in [2.05, 4.69) is 48.6 Å². The molecule has 8 N–H and O–H groups in total. The number of carbonyl (C=O) groups excluding carboxylic acids is 3. The highest BCUT2D eigenvalue weighted by molar-refractivity contribution is 8.00. The summed E-state index contributed by atoms with van der Waals surface area (Å²) < 4.78 is 80.4. The van der Waals surface area contributed by atoms with Gasteiger partial charge in [-0.25, -0.2) is 32.9 Å². The van der Waals surface area contributed by atoms with Gasteiger partial charge >= 0.3 is 27.6 Å². The van der Waals surface area contributed by atoms with E-state index in [0.29, 0.717) is 31.4 Å². The summed E-state index contributed by atoms with van der Waals surface area (Å²) in [7, 11) is -18.0. The van der Waals surface area contributed by atoms with Crippen LogP contribution in [0.2, 0.25) is 0 Å². The van der Waals surface area contributed by atoms with Gasteiger partial charge in [-0.2, -0.15) is 11.8 Å². The number of anilines is 1. The normalized spacial score (nSPS) is 26.0. The van der Waals surface area contributed by atoms with Crippen molar-refractivity contribution in [3.63, 3.8) is 0 Å². The SMILES string of the molecule is Nc1ncnc2c1ncn2[C@@H]1O[C@H](COP(=O)(O)OP(=O)([O-])OP(=O)([O-])OC(=O)CCOCCOCCOCCOCCNC(=O)CCCC[C@@H]2SC[C@@H]3NC(=O)N[C@@H]32)C(O)[C@@H]1O. The third-order valence-electron chi connectivity index (χ3n) is 9.23. The molecule has 356 valence electrons. The summed E-state index contributed by atoms with van der Waals surface area (Å²) in [6.07, 6.45) is -1.76. The first kappa shape index (κ1) is 51.1. The topological polar surface area (TPSA) is 398 Å². The van der Waals surface area contributed by atoms with Crippen molar-refractivity contribution in [2.24, 2.45) is 0 Å². The summed E-state index contributed by atoms with van der Waals surface area (Å²) in [5.41, 5.74) is 5.98. The van der Waals surface area contributed by atoms with E-state index in [1.165, 1.54) is 10.9 Å². The molecule has 0 saturated carbocycles. The van der Waals surface area contributed by atoms with E-state index in [1.54, 1.807) is 0 Å². The molecule has 2 aromatic heterocycles. The summed E-state index contributed by atoms with van der Waals surface area (Å²) in [4.78, 5) is 81.2. The van der Waals surface area contributed by atoms with Gasteiger partial charge in [-0.1, -0.05) is 6.42 Å². The van der Waals surface area contributed by atoms with Gasteiger partial charge in [-0.05, 0) is 12.8 Å². The number of phosphoric acid groups is 3. The number of nitrogens with two attached hydrogens (primary N) is 1. The molecule has 0 aromatic carbocycles. The first-order valence-corrected chi connectivity index (χ1v) is 24.9. The maximum atomic E-state index is 12.3.